The van der Waals surface area contributed by atoms with Gasteiger partial charge in [0.2, 0.25) is 5.91 Å². The predicted octanol–water partition coefficient (Wildman–Crippen LogP) is 4.06. The predicted molar refractivity (Wildman–Crippen MR) is 117 cm³/mol. The van der Waals surface area contributed by atoms with E-state index < -0.39 is 0 Å². The number of carbonyl (C=O) groups is 2. The molecule has 3 aromatic carbocycles. The van der Waals surface area contributed by atoms with Gasteiger partial charge < -0.3 is 15.0 Å². The molecule has 2 amide bonds. The Balaban J connectivity index is 1.55. The summed E-state index contributed by atoms with van der Waals surface area (Å²) in [6.45, 7) is 0.659. The molecule has 1 N–H and O–H groups in total. The molecule has 0 spiro atoms. The molecule has 154 valence electrons. The van der Waals surface area contributed by atoms with Gasteiger partial charge in [-0.25, -0.2) is 0 Å². The lowest BCUT2D eigenvalue weighted by Crippen LogP contribution is -2.41. The Bertz CT molecular complexity index is 906. The van der Waals surface area contributed by atoms with Crippen LogP contribution in [0.25, 0.3) is 0 Å². The van der Waals surface area contributed by atoms with Gasteiger partial charge in [0.15, 0.2) is 6.61 Å². The highest BCUT2D eigenvalue weighted by Crippen LogP contribution is 2.15. The molecule has 0 aliphatic rings. The molecular formula is C24H23ClN2O3. The van der Waals surface area contributed by atoms with E-state index in [0.717, 1.165) is 11.1 Å². The van der Waals surface area contributed by atoms with Gasteiger partial charge in [-0.3, -0.25) is 9.59 Å². The second-order valence-electron chi connectivity index (χ2n) is 6.74. The molecule has 0 fully saturated rings. The van der Waals surface area contributed by atoms with Gasteiger partial charge in [0, 0.05) is 18.1 Å². The van der Waals surface area contributed by atoms with Crippen molar-refractivity contribution in [2.75, 3.05) is 13.2 Å². The topological polar surface area (TPSA) is 58.6 Å². The first-order chi connectivity index (χ1) is 14.6. The highest BCUT2D eigenvalue weighted by atomic mass is 35.5. The van der Waals surface area contributed by atoms with E-state index >= 15 is 0 Å². The Hall–Kier alpha value is -3.31. The Morgan fingerprint density at radius 1 is 0.800 bits per heavy atom. The molecule has 0 saturated carbocycles. The van der Waals surface area contributed by atoms with Crippen molar-refractivity contribution in [2.24, 2.45) is 0 Å². The number of nitrogens with zero attached hydrogens (tertiary/aromatic N) is 1. The molecular weight excluding hydrogens is 400 g/mol. The maximum Gasteiger partial charge on any atom is 0.258 e. The average molecular weight is 423 g/mol. The third-order valence-electron chi connectivity index (χ3n) is 4.41. The Kier molecular flexibility index (Phi) is 7.86. The summed E-state index contributed by atoms with van der Waals surface area (Å²) in [6, 6.07) is 26.3. The molecule has 0 aliphatic carbocycles. The van der Waals surface area contributed by atoms with Gasteiger partial charge in [-0.1, -0.05) is 72.3 Å². The Morgan fingerprint density at radius 3 is 1.87 bits per heavy atom. The highest BCUT2D eigenvalue weighted by molar-refractivity contribution is 6.30. The van der Waals surface area contributed by atoms with Crippen LogP contribution < -0.4 is 10.1 Å². The van der Waals surface area contributed by atoms with Crippen LogP contribution in [-0.2, 0) is 22.7 Å². The van der Waals surface area contributed by atoms with Crippen LogP contribution in [0.15, 0.2) is 84.9 Å². The number of ether oxygens (including phenoxy) is 1. The largest absolute Gasteiger partial charge is 0.484 e. The first kappa shape index (κ1) is 21.4. The van der Waals surface area contributed by atoms with E-state index in [4.69, 9.17) is 16.3 Å². The number of amides is 2. The zero-order valence-corrected chi connectivity index (χ0v) is 17.2. The Labute approximate surface area is 181 Å². The molecule has 0 bridgehead atoms. The van der Waals surface area contributed by atoms with Gasteiger partial charge in [-0.05, 0) is 35.4 Å². The van der Waals surface area contributed by atoms with Crippen molar-refractivity contribution in [1.82, 2.24) is 10.2 Å². The van der Waals surface area contributed by atoms with Crippen molar-refractivity contribution in [3.8, 4) is 5.75 Å². The van der Waals surface area contributed by atoms with Crippen LogP contribution in [0.5, 0.6) is 5.75 Å². The van der Waals surface area contributed by atoms with E-state index in [1.165, 1.54) is 0 Å². The molecule has 0 heterocycles. The van der Waals surface area contributed by atoms with Gasteiger partial charge >= 0.3 is 0 Å². The third kappa shape index (κ3) is 6.94. The maximum absolute atomic E-state index is 12.8. The number of rotatable bonds is 9. The second kappa shape index (κ2) is 11.0. The van der Waals surface area contributed by atoms with Crippen LogP contribution in [0, 0.1) is 0 Å². The monoisotopic (exact) mass is 422 g/mol. The molecule has 0 aliphatic heterocycles. The summed E-state index contributed by atoms with van der Waals surface area (Å²) >= 11 is 5.83. The summed E-state index contributed by atoms with van der Waals surface area (Å²) in [4.78, 5) is 26.6. The van der Waals surface area contributed by atoms with Gasteiger partial charge in [0.05, 0.1) is 6.54 Å². The average Bonchev–Trinajstić information content (AvgIpc) is 2.78. The maximum atomic E-state index is 12.8. The number of hydrogen-bond acceptors (Lipinski definition) is 3. The number of nitrogens with one attached hydrogen (secondary N) is 1. The molecule has 3 rings (SSSR count). The third-order valence-corrected chi connectivity index (χ3v) is 4.66. The first-order valence-corrected chi connectivity index (χ1v) is 9.98. The van der Waals surface area contributed by atoms with Gasteiger partial charge in [0.1, 0.15) is 5.75 Å². The summed E-state index contributed by atoms with van der Waals surface area (Å²) in [5.41, 5.74) is 2.05. The SMILES string of the molecule is O=C(COc1ccc(Cl)cc1)NCC(=O)N(Cc1ccccc1)Cc1ccccc1. The molecule has 6 heteroatoms. The van der Waals surface area contributed by atoms with Gasteiger partial charge in [0.25, 0.3) is 5.91 Å². The smallest absolute Gasteiger partial charge is 0.258 e. The summed E-state index contributed by atoms with van der Waals surface area (Å²) in [5.74, 6) is 0.0101. The van der Waals surface area contributed by atoms with Crippen LogP contribution in [0.1, 0.15) is 11.1 Å². The van der Waals surface area contributed by atoms with E-state index in [1.54, 1.807) is 29.2 Å². The minimum Gasteiger partial charge on any atom is -0.484 e. The lowest BCUT2D eigenvalue weighted by atomic mass is 10.1. The van der Waals surface area contributed by atoms with Crippen molar-refractivity contribution >= 4 is 23.4 Å². The van der Waals surface area contributed by atoms with Crippen molar-refractivity contribution in [1.29, 1.82) is 0 Å². The molecule has 0 aromatic heterocycles. The van der Waals surface area contributed by atoms with Gasteiger partial charge in [-0.2, -0.15) is 0 Å². The summed E-state index contributed by atoms with van der Waals surface area (Å²) in [5, 5.41) is 3.23. The number of halogens is 1. The van der Waals surface area contributed by atoms with E-state index in [9.17, 15) is 9.59 Å². The molecule has 3 aromatic rings. The lowest BCUT2D eigenvalue weighted by molar-refractivity contribution is -0.134. The zero-order valence-electron chi connectivity index (χ0n) is 16.5. The van der Waals surface area contributed by atoms with Crippen molar-refractivity contribution in [2.45, 2.75) is 13.1 Å². The van der Waals surface area contributed by atoms with Crippen LogP contribution in [0.3, 0.4) is 0 Å². The summed E-state index contributed by atoms with van der Waals surface area (Å²) in [6.07, 6.45) is 0. The van der Waals surface area contributed by atoms with Gasteiger partial charge in [-0.15, -0.1) is 0 Å². The molecule has 0 unspecified atom stereocenters. The number of carbonyl (C=O) groups excluding carboxylic acids is 2. The van der Waals surface area contributed by atoms with E-state index in [1.807, 2.05) is 60.7 Å². The summed E-state index contributed by atoms with van der Waals surface area (Å²) < 4.78 is 5.41. The second-order valence-corrected chi connectivity index (χ2v) is 7.18. The van der Waals surface area contributed by atoms with Crippen LogP contribution in [-0.4, -0.2) is 29.9 Å². The lowest BCUT2D eigenvalue weighted by Gasteiger charge is -2.23. The molecule has 5 nitrogen and oxygen atoms in total. The standard InChI is InChI=1S/C24H23ClN2O3/c25-21-11-13-22(14-12-21)30-18-23(28)26-15-24(29)27(16-19-7-3-1-4-8-19)17-20-9-5-2-6-10-20/h1-14H,15-18H2,(H,26,28). The van der Waals surface area contributed by atoms with Crippen LogP contribution in [0.4, 0.5) is 0 Å². The molecule has 0 atom stereocenters. The minimum absolute atomic E-state index is 0.0948. The zero-order chi connectivity index (χ0) is 21.2. The van der Waals surface area contributed by atoms with Crippen molar-refractivity contribution in [3.05, 3.63) is 101 Å². The van der Waals surface area contributed by atoms with E-state index in [2.05, 4.69) is 5.32 Å². The fourth-order valence-electron chi connectivity index (χ4n) is 2.86. The fourth-order valence-corrected chi connectivity index (χ4v) is 2.98. The number of hydrogen-bond donors (Lipinski definition) is 1. The quantitative estimate of drug-likeness (QED) is 0.565. The molecule has 0 radical (unpaired) electrons. The minimum atomic E-state index is -0.363. The number of benzene rings is 3. The van der Waals surface area contributed by atoms with Crippen LogP contribution >= 0.6 is 11.6 Å². The highest BCUT2D eigenvalue weighted by Gasteiger charge is 2.16. The van der Waals surface area contributed by atoms with Crippen LogP contribution in [0.2, 0.25) is 5.02 Å². The molecule has 30 heavy (non-hydrogen) atoms. The normalized spacial score (nSPS) is 10.3. The summed E-state index contributed by atoms with van der Waals surface area (Å²) in [7, 11) is 0. The van der Waals surface area contributed by atoms with Crippen molar-refractivity contribution < 1.29 is 14.3 Å². The molecule has 0 saturated heterocycles. The van der Waals surface area contributed by atoms with E-state index in [0.29, 0.717) is 23.9 Å². The van der Waals surface area contributed by atoms with Crippen molar-refractivity contribution in [3.63, 3.8) is 0 Å². The first-order valence-electron chi connectivity index (χ1n) is 9.61. The Morgan fingerprint density at radius 2 is 1.33 bits per heavy atom. The van der Waals surface area contributed by atoms with E-state index in [-0.39, 0.29) is 25.0 Å². The fraction of sp³-hybridized carbons (Fsp3) is 0.167.